The van der Waals surface area contributed by atoms with Crippen LogP contribution in [0.25, 0.3) is 0 Å². The average molecular weight is 196 g/mol. The Morgan fingerprint density at radius 2 is 1.86 bits per heavy atom. The summed E-state index contributed by atoms with van der Waals surface area (Å²) in [6.45, 7) is 2.16. The molecular formula is C12H24N2. The highest BCUT2D eigenvalue weighted by molar-refractivity contribution is 5.01. The highest BCUT2D eigenvalue weighted by Crippen LogP contribution is 2.43. The van der Waals surface area contributed by atoms with Crippen LogP contribution in [-0.2, 0) is 0 Å². The maximum Gasteiger partial charge on any atom is 0.0247 e. The Bertz CT molecular complexity index is 183. The van der Waals surface area contributed by atoms with Gasteiger partial charge in [-0.25, -0.2) is 0 Å². The molecule has 0 radical (unpaired) electrons. The largest absolute Gasteiger partial charge is 0.330 e. The number of likely N-dealkylation sites (tertiary alicyclic amines) is 1. The Hall–Kier alpha value is -0.0800. The van der Waals surface area contributed by atoms with Gasteiger partial charge in [0.15, 0.2) is 0 Å². The first kappa shape index (κ1) is 10.4. The first-order valence-electron chi connectivity index (χ1n) is 6.21. The summed E-state index contributed by atoms with van der Waals surface area (Å²) in [6.07, 6.45) is 9.82. The molecule has 1 atom stereocenters. The van der Waals surface area contributed by atoms with Gasteiger partial charge in [0.1, 0.15) is 0 Å². The van der Waals surface area contributed by atoms with Crippen LogP contribution in [0.5, 0.6) is 0 Å². The summed E-state index contributed by atoms with van der Waals surface area (Å²) < 4.78 is 0. The van der Waals surface area contributed by atoms with Gasteiger partial charge in [0.2, 0.25) is 0 Å². The van der Waals surface area contributed by atoms with Gasteiger partial charge in [-0.05, 0) is 45.3 Å². The van der Waals surface area contributed by atoms with Crippen molar-refractivity contribution in [2.45, 2.75) is 50.5 Å². The van der Waals surface area contributed by atoms with Gasteiger partial charge in [-0.1, -0.05) is 25.7 Å². The lowest BCUT2D eigenvalue weighted by molar-refractivity contribution is 0.110. The molecule has 0 aromatic heterocycles. The van der Waals surface area contributed by atoms with Crippen LogP contribution >= 0.6 is 0 Å². The SMILES string of the molecule is CN1CCC(CN)C12CCCCCC2. The number of hydrogen-bond donors (Lipinski definition) is 1. The van der Waals surface area contributed by atoms with Gasteiger partial charge in [0, 0.05) is 5.54 Å². The fourth-order valence-corrected chi connectivity index (χ4v) is 3.62. The van der Waals surface area contributed by atoms with Crippen molar-refractivity contribution in [1.82, 2.24) is 4.90 Å². The zero-order chi connectivity index (χ0) is 10.0. The normalized spacial score (nSPS) is 33.4. The fourth-order valence-electron chi connectivity index (χ4n) is 3.62. The van der Waals surface area contributed by atoms with Gasteiger partial charge in [0.05, 0.1) is 0 Å². The molecule has 1 saturated carbocycles. The zero-order valence-corrected chi connectivity index (χ0v) is 9.47. The maximum atomic E-state index is 5.93. The summed E-state index contributed by atoms with van der Waals surface area (Å²) >= 11 is 0. The minimum Gasteiger partial charge on any atom is -0.330 e. The zero-order valence-electron chi connectivity index (χ0n) is 9.47. The number of hydrogen-bond acceptors (Lipinski definition) is 2. The molecule has 2 N–H and O–H groups in total. The van der Waals surface area contributed by atoms with Crippen LogP contribution < -0.4 is 5.73 Å². The van der Waals surface area contributed by atoms with Crippen molar-refractivity contribution in [3.63, 3.8) is 0 Å². The van der Waals surface area contributed by atoms with Gasteiger partial charge < -0.3 is 10.6 Å². The van der Waals surface area contributed by atoms with Crippen molar-refractivity contribution in [2.24, 2.45) is 11.7 Å². The summed E-state index contributed by atoms with van der Waals surface area (Å²) in [4.78, 5) is 2.61. The Labute approximate surface area is 87.8 Å². The highest BCUT2D eigenvalue weighted by Gasteiger charge is 2.45. The Kier molecular flexibility index (Phi) is 3.13. The molecule has 1 saturated heterocycles. The van der Waals surface area contributed by atoms with Crippen molar-refractivity contribution in [2.75, 3.05) is 20.1 Å². The molecule has 2 rings (SSSR count). The van der Waals surface area contributed by atoms with E-state index < -0.39 is 0 Å². The highest BCUT2D eigenvalue weighted by atomic mass is 15.2. The van der Waals surface area contributed by atoms with E-state index in [0.717, 1.165) is 12.5 Å². The number of nitrogens with two attached hydrogens (primary N) is 1. The predicted molar refractivity (Wildman–Crippen MR) is 60.2 cm³/mol. The molecule has 1 unspecified atom stereocenters. The topological polar surface area (TPSA) is 29.3 Å². The molecule has 1 heterocycles. The second-order valence-corrected chi connectivity index (χ2v) is 5.16. The Balaban J connectivity index is 2.15. The van der Waals surface area contributed by atoms with Crippen molar-refractivity contribution in [3.05, 3.63) is 0 Å². The molecule has 2 nitrogen and oxygen atoms in total. The van der Waals surface area contributed by atoms with Crippen molar-refractivity contribution >= 4 is 0 Å². The van der Waals surface area contributed by atoms with Gasteiger partial charge >= 0.3 is 0 Å². The third-order valence-corrected chi connectivity index (χ3v) is 4.59. The van der Waals surface area contributed by atoms with Crippen LogP contribution in [0.4, 0.5) is 0 Å². The van der Waals surface area contributed by atoms with E-state index in [9.17, 15) is 0 Å². The summed E-state index contributed by atoms with van der Waals surface area (Å²) in [6, 6.07) is 0. The fraction of sp³-hybridized carbons (Fsp3) is 1.00. The van der Waals surface area contributed by atoms with Crippen molar-refractivity contribution in [1.29, 1.82) is 0 Å². The molecule has 0 bridgehead atoms. The second kappa shape index (κ2) is 4.19. The van der Waals surface area contributed by atoms with Crippen molar-refractivity contribution in [3.8, 4) is 0 Å². The predicted octanol–water partition coefficient (Wildman–Crippen LogP) is 1.99. The first-order chi connectivity index (χ1) is 6.79. The molecule has 1 spiro atoms. The molecule has 0 aromatic carbocycles. The van der Waals surface area contributed by atoms with E-state index in [-0.39, 0.29) is 0 Å². The molecule has 82 valence electrons. The smallest absolute Gasteiger partial charge is 0.0247 e. The standard InChI is InChI=1S/C12H24N2/c1-14-9-6-11(10-13)12(14)7-4-2-3-5-8-12/h11H,2-10,13H2,1H3. The molecule has 0 amide bonds. The molecule has 1 aliphatic carbocycles. The molecule has 2 fully saturated rings. The molecule has 14 heavy (non-hydrogen) atoms. The van der Waals surface area contributed by atoms with Crippen molar-refractivity contribution < 1.29 is 0 Å². The minimum atomic E-state index is 0.491. The molecular weight excluding hydrogens is 172 g/mol. The van der Waals surface area contributed by atoms with E-state index in [4.69, 9.17) is 5.73 Å². The molecule has 2 aliphatic rings. The first-order valence-corrected chi connectivity index (χ1v) is 6.21. The van der Waals surface area contributed by atoms with Crippen LogP contribution in [0.2, 0.25) is 0 Å². The van der Waals surface area contributed by atoms with Crippen LogP contribution in [0.15, 0.2) is 0 Å². The van der Waals surface area contributed by atoms with E-state index in [0.29, 0.717) is 5.54 Å². The summed E-state index contributed by atoms with van der Waals surface area (Å²) in [5, 5.41) is 0. The second-order valence-electron chi connectivity index (χ2n) is 5.16. The van der Waals surface area contributed by atoms with Gasteiger partial charge in [-0.3, -0.25) is 0 Å². The molecule has 0 aromatic rings. The lowest BCUT2D eigenvalue weighted by Crippen LogP contribution is -2.47. The lowest BCUT2D eigenvalue weighted by Gasteiger charge is -2.40. The minimum absolute atomic E-state index is 0.491. The van der Waals surface area contributed by atoms with Crippen LogP contribution in [0.3, 0.4) is 0 Å². The van der Waals surface area contributed by atoms with Crippen LogP contribution in [-0.4, -0.2) is 30.6 Å². The quantitative estimate of drug-likeness (QED) is 0.695. The third kappa shape index (κ3) is 1.59. The van der Waals surface area contributed by atoms with Crippen LogP contribution in [0, 0.1) is 5.92 Å². The van der Waals surface area contributed by atoms with E-state index >= 15 is 0 Å². The van der Waals surface area contributed by atoms with Crippen LogP contribution in [0.1, 0.15) is 44.9 Å². The maximum absolute atomic E-state index is 5.93. The summed E-state index contributed by atoms with van der Waals surface area (Å²) in [5.74, 6) is 0.769. The lowest BCUT2D eigenvalue weighted by atomic mass is 9.79. The van der Waals surface area contributed by atoms with E-state index in [1.165, 1.54) is 51.5 Å². The van der Waals surface area contributed by atoms with E-state index in [1.807, 2.05) is 0 Å². The third-order valence-electron chi connectivity index (χ3n) is 4.59. The van der Waals surface area contributed by atoms with Gasteiger partial charge in [0.25, 0.3) is 0 Å². The monoisotopic (exact) mass is 196 g/mol. The Morgan fingerprint density at radius 1 is 1.21 bits per heavy atom. The summed E-state index contributed by atoms with van der Waals surface area (Å²) in [7, 11) is 2.31. The van der Waals surface area contributed by atoms with Gasteiger partial charge in [-0.15, -0.1) is 0 Å². The van der Waals surface area contributed by atoms with Gasteiger partial charge in [-0.2, -0.15) is 0 Å². The Morgan fingerprint density at radius 3 is 2.43 bits per heavy atom. The van der Waals surface area contributed by atoms with E-state index in [2.05, 4.69) is 11.9 Å². The molecule has 1 aliphatic heterocycles. The average Bonchev–Trinajstić information content (AvgIpc) is 2.42. The number of rotatable bonds is 1. The number of nitrogens with zero attached hydrogens (tertiary/aromatic N) is 1. The summed E-state index contributed by atoms with van der Waals surface area (Å²) in [5.41, 5.74) is 6.42. The molecule has 2 heteroatoms. The van der Waals surface area contributed by atoms with E-state index in [1.54, 1.807) is 0 Å².